The third-order valence-electron chi connectivity index (χ3n) is 1.84. The second-order valence-corrected chi connectivity index (χ2v) is 4.62. The quantitative estimate of drug-likeness (QED) is 0.671. The van der Waals surface area contributed by atoms with Gasteiger partial charge in [0.05, 0.1) is 6.61 Å². The summed E-state index contributed by atoms with van der Waals surface area (Å²) >= 11 is 0. The van der Waals surface area contributed by atoms with Crippen molar-refractivity contribution in [3.8, 4) is 0 Å². The molecule has 1 aromatic carbocycles. The Hall–Kier alpha value is -0.780. The van der Waals surface area contributed by atoms with Gasteiger partial charge in [0.1, 0.15) is 5.82 Å². The first-order valence-electron chi connectivity index (χ1n) is 4.57. The van der Waals surface area contributed by atoms with Gasteiger partial charge in [0.2, 0.25) is 0 Å². The van der Waals surface area contributed by atoms with Crippen molar-refractivity contribution < 1.29 is 23.3 Å². The molecule has 0 aliphatic heterocycles. The summed E-state index contributed by atoms with van der Waals surface area (Å²) in [5, 5.41) is 0. The van der Waals surface area contributed by atoms with Crippen LogP contribution in [0.2, 0.25) is 0 Å². The molecule has 0 unspecified atom stereocenters. The molecular weight excluding hydrogens is 236 g/mol. The van der Waals surface area contributed by atoms with Gasteiger partial charge in [-0.3, -0.25) is 4.52 Å². The van der Waals surface area contributed by atoms with Gasteiger partial charge in [-0.05, 0) is 24.1 Å². The Labute approximate surface area is 92.3 Å². The lowest BCUT2D eigenvalue weighted by Gasteiger charge is -2.12. The number of halogens is 1. The van der Waals surface area contributed by atoms with Crippen molar-refractivity contribution in [3.63, 3.8) is 0 Å². The average Bonchev–Trinajstić information content (AvgIpc) is 2.14. The summed E-state index contributed by atoms with van der Waals surface area (Å²) in [5.41, 5.74) is 6.23. The maximum atomic E-state index is 12.8. The predicted molar refractivity (Wildman–Crippen MR) is 56.1 cm³/mol. The number of benzene rings is 1. The van der Waals surface area contributed by atoms with E-state index in [9.17, 15) is 8.96 Å². The van der Waals surface area contributed by atoms with Crippen molar-refractivity contribution in [1.29, 1.82) is 0 Å². The lowest BCUT2D eigenvalue weighted by molar-refractivity contribution is 0.185. The molecule has 1 aromatic rings. The van der Waals surface area contributed by atoms with E-state index < -0.39 is 13.9 Å². The highest BCUT2D eigenvalue weighted by Gasteiger charge is 2.16. The molecule has 7 heteroatoms. The van der Waals surface area contributed by atoms with Gasteiger partial charge in [-0.1, -0.05) is 12.1 Å². The van der Waals surface area contributed by atoms with Gasteiger partial charge in [-0.2, -0.15) is 0 Å². The first-order chi connectivity index (χ1) is 7.37. The topological polar surface area (TPSA) is 92.8 Å². The molecule has 1 atom stereocenters. The first-order valence-corrected chi connectivity index (χ1v) is 6.10. The Bertz CT molecular complexity index is 395. The van der Waals surface area contributed by atoms with Crippen molar-refractivity contribution in [2.75, 3.05) is 6.61 Å². The average molecular weight is 249 g/mol. The second kappa shape index (κ2) is 5.52. The Kier molecular flexibility index (Phi) is 4.58. The standard InChI is InChI=1S/C9H13FNO4P/c10-8-3-1-2-7(4-8)5-9(11)6-15-16(12,13)14/h1-4,9H,5-6,11H2,(H2,12,13,14)/t9-/m1/s1. The van der Waals surface area contributed by atoms with Crippen molar-refractivity contribution in [1.82, 2.24) is 0 Å². The molecule has 16 heavy (non-hydrogen) atoms. The third-order valence-corrected chi connectivity index (χ3v) is 2.33. The smallest absolute Gasteiger partial charge is 0.325 e. The van der Waals surface area contributed by atoms with Crippen LogP contribution in [-0.4, -0.2) is 22.4 Å². The highest BCUT2D eigenvalue weighted by Crippen LogP contribution is 2.35. The van der Waals surface area contributed by atoms with Crippen LogP contribution >= 0.6 is 7.82 Å². The number of hydrogen-bond acceptors (Lipinski definition) is 3. The van der Waals surface area contributed by atoms with Crippen LogP contribution in [0.15, 0.2) is 24.3 Å². The normalized spacial score (nSPS) is 13.8. The van der Waals surface area contributed by atoms with Crippen LogP contribution in [-0.2, 0) is 15.5 Å². The van der Waals surface area contributed by atoms with Crippen molar-refractivity contribution >= 4 is 7.82 Å². The minimum absolute atomic E-state index is 0.277. The molecule has 1 rings (SSSR count). The number of phosphoric acid groups is 1. The highest BCUT2D eigenvalue weighted by molar-refractivity contribution is 7.46. The largest absolute Gasteiger partial charge is 0.469 e. The number of nitrogens with two attached hydrogens (primary N) is 1. The van der Waals surface area contributed by atoms with Gasteiger partial charge < -0.3 is 15.5 Å². The van der Waals surface area contributed by atoms with E-state index in [4.69, 9.17) is 15.5 Å². The first kappa shape index (κ1) is 13.3. The van der Waals surface area contributed by atoms with Crippen LogP contribution in [0, 0.1) is 5.82 Å². The van der Waals surface area contributed by atoms with E-state index in [1.165, 1.54) is 12.1 Å². The summed E-state index contributed by atoms with van der Waals surface area (Å²) in [6, 6.07) is 5.26. The minimum atomic E-state index is -4.49. The van der Waals surface area contributed by atoms with Crippen molar-refractivity contribution in [3.05, 3.63) is 35.6 Å². The van der Waals surface area contributed by atoms with Gasteiger partial charge in [0.25, 0.3) is 0 Å². The van der Waals surface area contributed by atoms with Gasteiger partial charge >= 0.3 is 7.82 Å². The van der Waals surface area contributed by atoms with Crippen LogP contribution in [0.4, 0.5) is 4.39 Å². The molecule has 0 aliphatic rings. The maximum absolute atomic E-state index is 12.8. The Morgan fingerprint density at radius 2 is 2.19 bits per heavy atom. The fourth-order valence-electron chi connectivity index (χ4n) is 1.22. The Morgan fingerprint density at radius 3 is 2.75 bits per heavy atom. The summed E-state index contributed by atoms with van der Waals surface area (Å²) in [7, 11) is -4.49. The van der Waals surface area contributed by atoms with Gasteiger partial charge in [0.15, 0.2) is 0 Å². The van der Waals surface area contributed by atoms with Crippen LogP contribution in [0.5, 0.6) is 0 Å². The van der Waals surface area contributed by atoms with Crippen LogP contribution in [0.25, 0.3) is 0 Å². The molecule has 0 amide bonds. The maximum Gasteiger partial charge on any atom is 0.469 e. The van der Waals surface area contributed by atoms with Gasteiger partial charge in [-0.25, -0.2) is 8.96 Å². The summed E-state index contributed by atoms with van der Waals surface area (Å²) in [6.45, 7) is -0.277. The summed E-state index contributed by atoms with van der Waals surface area (Å²) in [6.07, 6.45) is 0.289. The molecule has 0 heterocycles. The van der Waals surface area contributed by atoms with E-state index in [1.807, 2.05) is 0 Å². The molecule has 0 radical (unpaired) electrons. The highest BCUT2D eigenvalue weighted by atomic mass is 31.2. The molecule has 0 aromatic heterocycles. The van der Waals surface area contributed by atoms with Gasteiger partial charge in [0, 0.05) is 6.04 Å². The van der Waals surface area contributed by atoms with E-state index in [0.29, 0.717) is 5.56 Å². The molecule has 0 fully saturated rings. The van der Waals surface area contributed by atoms with E-state index in [1.54, 1.807) is 12.1 Å². The third kappa shape index (κ3) is 5.34. The molecular formula is C9H13FNO4P. The fraction of sp³-hybridized carbons (Fsp3) is 0.333. The zero-order valence-corrected chi connectivity index (χ0v) is 9.31. The Morgan fingerprint density at radius 1 is 1.50 bits per heavy atom. The second-order valence-electron chi connectivity index (χ2n) is 3.38. The van der Waals surface area contributed by atoms with Crippen LogP contribution in [0.3, 0.4) is 0 Å². The number of phosphoric ester groups is 1. The zero-order chi connectivity index (χ0) is 12.2. The van der Waals surface area contributed by atoms with Crippen molar-refractivity contribution in [2.45, 2.75) is 12.5 Å². The van der Waals surface area contributed by atoms with Crippen molar-refractivity contribution in [2.24, 2.45) is 5.73 Å². The van der Waals surface area contributed by atoms with Crippen LogP contribution in [0.1, 0.15) is 5.56 Å². The predicted octanol–water partition coefficient (Wildman–Crippen LogP) is 0.805. The van der Waals surface area contributed by atoms with E-state index in [2.05, 4.69) is 4.52 Å². The van der Waals surface area contributed by atoms with Crippen LogP contribution < -0.4 is 5.73 Å². The number of hydrogen-bond donors (Lipinski definition) is 3. The lowest BCUT2D eigenvalue weighted by atomic mass is 10.1. The van der Waals surface area contributed by atoms with E-state index >= 15 is 0 Å². The molecule has 0 spiro atoms. The monoisotopic (exact) mass is 249 g/mol. The molecule has 0 saturated heterocycles. The molecule has 0 saturated carbocycles. The molecule has 0 aliphatic carbocycles. The SMILES string of the molecule is N[C@@H](COP(=O)(O)O)Cc1cccc(F)c1. The van der Waals surface area contributed by atoms with E-state index in [0.717, 1.165) is 0 Å². The molecule has 5 nitrogen and oxygen atoms in total. The molecule has 90 valence electrons. The Balaban J connectivity index is 2.46. The summed E-state index contributed by atoms with van der Waals surface area (Å²) < 4.78 is 27.4. The minimum Gasteiger partial charge on any atom is -0.325 e. The van der Waals surface area contributed by atoms with Gasteiger partial charge in [-0.15, -0.1) is 0 Å². The molecule has 4 N–H and O–H groups in total. The lowest BCUT2D eigenvalue weighted by Crippen LogP contribution is -2.28. The summed E-state index contributed by atoms with van der Waals surface area (Å²) in [5.74, 6) is -0.374. The van der Waals surface area contributed by atoms with E-state index in [-0.39, 0.29) is 18.8 Å². The number of rotatable bonds is 5. The zero-order valence-electron chi connectivity index (χ0n) is 8.41. The summed E-state index contributed by atoms with van der Waals surface area (Å²) in [4.78, 5) is 16.9. The molecule has 0 bridgehead atoms. The fourth-order valence-corrected chi connectivity index (χ4v) is 1.60.